The number of benzene rings is 2. The van der Waals surface area contributed by atoms with Crippen molar-refractivity contribution in [1.82, 2.24) is 4.57 Å². The molecule has 1 aliphatic heterocycles. The van der Waals surface area contributed by atoms with Crippen molar-refractivity contribution in [2.75, 3.05) is 33.5 Å². The van der Waals surface area contributed by atoms with E-state index < -0.39 is 18.0 Å². The van der Waals surface area contributed by atoms with Crippen LogP contribution in [0.5, 0.6) is 17.2 Å². The minimum atomic E-state index is -0.858. The van der Waals surface area contributed by atoms with Crippen molar-refractivity contribution in [3.05, 3.63) is 93.1 Å². The molecule has 4 rings (SSSR count). The minimum absolute atomic E-state index is 0.150. The highest BCUT2D eigenvalue weighted by atomic mass is 127. The number of hydrogen-bond acceptors (Lipinski definition) is 10. The Morgan fingerprint density at radius 3 is 2.57 bits per heavy atom. The van der Waals surface area contributed by atoms with Gasteiger partial charge in [0.05, 0.1) is 50.2 Å². The first kappa shape index (κ1) is 33.5. The number of rotatable bonds is 12. The Balaban J connectivity index is 1.88. The Hall–Kier alpha value is -3.43. The number of thiazole rings is 1. The van der Waals surface area contributed by atoms with Crippen molar-refractivity contribution in [2.45, 2.75) is 26.8 Å². The third-order valence-electron chi connectivity index (χ3n) is 6.34. The molecule has 0 N–H and O–H groups in total. The van der Waals surface area contributed by atoms with Gasteiger partial charge < -0.3 is 23.7 Å². The fourth-order valence-electron chi connectivity index (χ4n) is 4.48. The zero-order valence-electron chi connectivity index (χ0n) is 24.5. The van der Waals surface area contributed by atoms with Gasteiger partial charge in [0.25, 0.3) is 5.56 Å². The van der Waals surface area contributed by atoms with E-state index in [1.807, 2.05) is 19.1 Å². The summed E-state index contributed by atoms with van der Waals surface area (Å²) in [7, 11) is 1.27. The smallest absolute Gasteiger partial charge is 0.343 e. The molecule has 1 aliphatic rings. The van der Waals surface area contributed by atoms with Gasteiger partial charge in [-0.15, -0.1) is 0 Å². The normalized spacial score (nSPS) is 14.4. The number of methoxy groups -OCH3 is 1. The maximum Gasteiger partial charge on any atom is 0.343 e. The van der Waals surface area contributed by atoms with E-state index in [0.717, 1.165) is 13.6 Å². The van der Waals surface area contributed by atoms with Crippen LogP contribution in [0.25, 0.3) is 6.08 Å². The molecule has 0 saturated heterocycles. The second-order valence-corrected chi connectivity index (χ2v) is 12.2. The fraction of sp³-hybridized carbons (Fsp3) is 0.290. The van der Waals surface area contributed by atoms with Crippen molar-refractivity contribution in [1.29, 1.82) is 0 Å². The molecule has 1 aromatic heterocycles. The van der Waals surface area contributed by atoms with Crippen molar-refractivity contribution >= 4 is 67.9 Å². The molecule has 0 bridgehead atoms. The number of nitrogens with zero attached hydrogens (tertiary/aromatic N) is 2. The summed E-state index contributed by atoms with van der Waals surface area (Å²) in [6.45, 7) is 9.44. The van der Waals surface area contributed by atoms with E-state index in [0.29, 0.717) is 51.1 Å². The van der Waals surface area contributed by atoms with E-state index >= 15 is 0 Å². The van der Waals surface area contributed by atoms with Crippen LogP contribution >= 0.6 is 49.9 Å². The van der Waals surface area contributed by atoms with Crippen LogP contribution in [0.4, 0.5) is 0 Å². The SMILES string of the molecule is C=CCOc1c(Br)cc(/C=c2\sc3n(c2=O)[C@H](c2ccc(OCC(=O)OC)c(OCC)c2)C(C(=O)OCC)=C(C)N=3)cc1I. The van der Waals surface area contributed by atoms with E-state index in [9.17, 15) is 14.4 Å². The van der Waals surface area contributed by atoms with E-state index in [4.69, 9.17) is 18.9 Å². The van der Waals surface area contributed by atoms with Crippen molar-refractivity contribution in [2.24, 2.45) is 4.99 Å². The molecule has 0 unspecified atom stereocenters. The summed E-state index contributed by atoms with van der Waals surface area (Å²) in [5.74, 6) is 0.209. The van der Waals surface area contributed by atoms with Gasteiger partial charge in [-0.2, -0.15) is 0 Å². The molecule has 0 aliphatic carbocycles. The number of aromatic nitrogens is 1. The second kappa shape index (κ2) is 15.0. The first-order valence-electron chi connectivity index (χ1n) is 13.5. The summed E-state index contributed by atoms with van der Waals surface area (Å²) >= 11 is 6.96. The summed E-state index contributed by atoms with van der Waals surface area (Å²) < 4.78 is 30.8. The molecule has 0 spiro atoms. The Morgan fingerprint density at radius 2 is 1.91 bits per heavy atom. The van der Waals surface area contributed by atoms with Gasteiger partial charge in [-0.05, 0) is 101 Å². The van der Waals surface area contributed by atoms with Crippen LogP contribution in [0.3, 0.4) is 0 Å². The number of esters is 2. The fourth-order valence-corrected chi connectivity index (χ4v) is 7.29. The van der Waals surface area contributed by atoms with Crippen molar-refractivity contribution in [3.8, 4) is 17.2 Å². The predicted octanol–water partition coefficient (Wildman–Crippen LogP) is 4.68. The predicted molar refractivity (Wildman–Crippen MR) is 178 cm³/mol. The highest BCUT2D eigenvalue weighted by Gasteiger charge is 2.34. The van der Waals surface area contributed by atoms with E-state index in [-0.39, 0.29) is 24.3 Å². The van der Waals surface area contributed by atoms with Crippen LogP contribution in [0.1, 0.15) is 37.9 Å². The monoisotopic (exact) mass is 796 g/mol. The lowest BCUT2D eigenvalue weighted by atomic mass is 9.95. The molecule has 0 radical (unpaired) electrons. The van der Waals surface area contributed by atoms with Gasteiger partial charge >= 0.3 is 11.9 Å². The second-order valence-electron chi connectivity index (χ2n) is 9.22. The Kier molecular flexibility index (Phi) is 11.4. The standard InChI is InChI=1S/C31H30BrIN2O8S/c1-6-11-42-28-20(32)12-18(13-21(28)33)14-24-29(37)35-27(26(30(38)41-8-3)17(4)34-31(35)44-24)19-9-10-22(23(15-19)40-7-2)43-16-25(36)39-5/h6,9-10,12-15,27H,1,7-8,11,16H2,2-5H3/b24-14-/t27-/m1/s1. The number of ether oxygens (including phenoxy) is 5. The van der Waals surface area contributed by atoms with Gasteiger partial charge in [0, 0.05) is 0 Å². The molecule has 2 aromatic carbocycles. The molecule has 232 valence electrons. The first-order valence-corrected chi connectivity index (χ1v) is 16.2. The maximum absolute atomic E-state index is 14.1. The zero-order valence-corrected chi connectivity index (χ0v) is 29.0. The molecule has 0 saturated carbocycles. The third-order valence-corrected chi connectivity index (χ3v) is 8.71. The molecule has 0 fully saturated rings. The average molecular weight is 797 g/mol. The highest BCUT2D eigenvalue weighted by Crippen LogP contribution is 2.37. The van der Waals surface area contributed by atoms with Gasteiger partial charge in [-0.1, -0.05) is 30.1 Å². The number of hydrogen-bond donors (Lipinski definition) is 0. The molecular formula is C31H30BrIN2O8S. The van der Waals surface area contributed by atoms with Crippen LogP contribution in [0.2, 0.25) is 0 Å². The van der Waals surface area contributed by atoms with Crippen LogP contribution in [-0.2, 0) is 19.1 Å². The molecule has 0 amide bonds. The van der Waals surface area contributed by atoms with Gasteiger partial charge in [-0.25, -0.2) is 14.6 Å². The van der Waals surface area contributed by atoms with Crippen LogP contribution < -0.4 is 29.1 Å². The van der Waals surface area contributed by atoms with Gasteiger partial charge in [-0.3, -0.25) is 9.36 Å². The highest BCUT2D eigenvalue weighted by molar-refractivity contribution is 14.1. The summed E-state index contributed by atoms with van der Waals surface area (Å²) in [4.78, 5) is 44.1. The number of carbonyl (C=O) groups is 2. The van der Waals surface area contributed by atoms with E-state index in [1.54, 1.807) is 44.2 Å². The lowest BCUT2D eigenvalue weighted by molar-refractivity contribution is -0.143. The van der Waals surface area contributed by atoms with E-state index in [2.05, 4.69) is 54.8 Å². The summed E-state index contributed by atoms with van der Waals surface area (Å²) in [6, 6.07) is 7.96. The number of carbonyl (C=O) groups excluding carboxylic acids is 2. The Morgan fingerprint density at radius 1 is 1.14 bits per heavy atom. The zero-order chi connectivity index (χ0) is 32.0. The molecular weight excluding hydrogens is 767 g/mol. The molecule has 10 nitrogen and oxygen atoms in total. The lowest BCUT2D eigenvalue weighted by Crippen LogP contribution is -2.40. The van der Waals surface area contributed by atoms with Crippen molar-refractivity contribution in [3.63, 3.8) is 0 Å². The lowest BCUT2D eigenvalue weighted by Gasteiger charge is -2.25. The van der Waals surface area contributed by atoms with Gasteiger partial charge in [0.15, 0.2) is 22.9 Å². The number of fused-ring (bicyclic) bond motifs is 1. The van der Waals surface area contributed by atoms with Gasteiger partial charge in [0.1, 0.15) is 12.4 Å². The topological polar surface area (TPSA) is 115 Å². The molecule has 1 atom stereocenters. The molecule has 44 heavy (non-hydrogen) atoms. The van der Waals surface area contributed by atoms with Gasteiger partial charge in [0.2, 0.25) is 0 Å². The van der Waals surface area contributed by atoms with Crippen LogP contribution in [0, 0.1) is 3.57 Å². The number of halogens is 2. The van der Waals surface area contributed by atoms with E-state index in [1.165, 1.54) is 23.0 Å². The summed E-state index contributed by atoms with van der Waals surface area (Å²) in [5, 5.41) is 0. The maximum atomic E-state index is 14.1. The number of allylic oxidation sites excluding steroid dienone is 1. The molecule has 2 heterocycles. The summed E-state index contributed by atoms with van der Waals surface area (Å²) in [5.41, 5.74) is 1.70. The molecule has 13 heteroatoms. The molecule has 3 aromatic rings. The quantitative estimate of drug-likeness (QED) is 0.148. The largest absolute Gasteiger partial charge is 0.490 e. The average Bonchev–Trinajstić information content (AvgIpc) is 3.29. The van der Waals surface area contributed by atoms with Crippen LogP contribution in [0.15, 0.2) is 68.5 Å². The Bertz CT molecular complexity index is 1790. The minimum Gasteiger partial charge on any atom is -0.490 e. The third kappa shape index (κ3) is 7.26. The Labute approximate surface area is 279 Å². The summed E-state index contributed by atoms with van der Waals surface area (Å²) in [6.07, 6.45) is 3.45. The van der Waals surface area contributed by atoms with Crippen LogP contribution in [-0.4, -0.2) is 50.0 Å². The van der Waals surface area contributed by atoms with Crippen molar-refractivity contribution < 1.29 is 33.3 Å². The first-order chi connectivity index (χ1) is 21.1.